The minimum Gasteiger partial charge on any atom is -0.486 e. The summed E-state index contributed by atoms with van der Waals surface area (Å²) in [5, 5.41) is 0. The molecular weight excluding hydrogens is 322 g/mol. The molecule has 3 aromatic rings. The second-order valence-corrected chi connectivity index (χ2v) is 6.19. The van der Waals surface area contributed by atoms with Gasteiger partial charge >= 0.3 is 0 Å². The zero-order valence-corrected chi connectivity index (χ0v) is 14.1. The molecule has 0 aliphatic carbocycles. The van der Waals surface area contributed by atoms with Crippen molar-refractivity contribution in [2.75, 3.05) is 13.2 Å². The lowest BCUT2D eigenvalue weighted by molar-refractivity contribution is 0.172. The van der Waals surface area contributed by atoms with Crippen molar-refractivity contribution < 1.29 is 9.47 Å². The van der Waals surface area contributed by atoms with Crippen molar-refractivity contribution in [1.29, 1.82) is 0 Å². The molecule has 0 bridgehead atoms. The Labute approximate surface area is 145 Å². The fourth-order valence-electron chi connectivity index (χ4n) is 3.05. The van der Waals surface area contributed by atoms with Gasteiger partial charge in [-0.2, -0.15) is 0 Å². The summed E-state index contributed by atoms with van der Waals surface area (Å²) in [5.74, 6) is 2.43. The van der Waals surface area contributed by atoms with Crippen molar-refractivity contribution in [3.63, 3.8) is 0 Å². The lowest BCUT2D eigenvalue weighted by Gasteiger charge is -2.18. The van der Waals surface area contributed by atoms with Crippen molar-refractivity contribution in [3.05, 3.63) is 53.3 Å². The molecule has 1 aromatic heterocycles. The molecule has 0 radical (unpaired) electrons. The van der Waals surface area contributed by atoms with Gasteiger partial charge in [0, 0.05) is 17.7 Å². The van der Waals surface area contributed by atoms with E-state index in [-0.39, 0.29) is 0 Å². The van der Waals surface area contributed by atoms with Crippen LogP contribution in [-0.4, -0.2) is 27.8 Å². The summed E-state index contributed by atoms with van der Waals surface area (Å²) in [7, 11) is 0. The number of thiocarbonyl (C=S) groups is 1. The van der Waals surface area contributed by atoms with Gasteiger partial charge in [0.2, 0.25) is 0 Å². The molecule has 5 nitrogen and oxygen atoms in total. The highest BCUT2D eigenvalue weighted by Crippen LogP contribution is 2.35. The minimum absolute atomic E-state index is 0.404. The van der Waals surface area contributed by atoms with E-state index in [1.165, 1.54) is 0 Å². The molecule has 6 heteroatoms. The summed E-state index contributed by atoms with van der Waals surface area (Å²) >= 11 is 5.17. The first-order chi connectivity index (χ1) is 11.6. The van der Waals surface area contributed by atoms with E-state index in [0.717, 1.165) is 39.5 Å². The van der Waals surface area contributed by atoms with Crippen LogP contribution in [0.15, 0.2) is 36.4 Å². The Morgan fingerprint density at radius 2 is 1.92 bits per heavy atom. The number of rotatable bonds is 3. The van der Waals surface area contributed by atoms with Gasteiger partial charge in [-0.25, -0.2) is 4.98 Å². The first kappa shape index (κ1) is 15.0. The molecule has 1 aliphatic heterocycles. The first-order valence-electron chi connectivity index (χ1n) is 7.77. The summed E-state index contributed by atoms with van der Waals surface area (Å²) in [6, 6.07) is 11.9. The number of aromatic nitrogens is 2. The van der Waals surface area contributed by atoms with E-state index in [4.69, 9.17) is 27.4 Å². The molecule has 0 saturated carbocycles. The molecule has 24 heavy (non-hydrogen) atoms. The van der Waals surface area contributed by atoms with Crippen LogP contribution >= 0.6 is 12.2 Å². The van der Waals surface area contributed by atoms with Gasteiger partial charge in [-0.3, -0.25) is 0 Å². The van der Waals surface area contributed by atoms with Crippen LogP contribution in [0, 0.1) is 6.92 Å². The average Bonchev–Trinajstić information content (AvgIpc) is 2.88. The molecule has 0 fully saturated rings. The smallest absolute Gasteiger partial charge is 0.163 e. The standard InChI is InChI=1S/C18H17N3O2S/c1-11-20-14-8-16-17(23-7-6-22-16)9-15(14)21(11)10-12-4-2-3-5-13(12)18(19)24/h2-5,8-9H,6-7,10H2,1H3,(H2,19,24). The third-order valence-electron chi connectivity index (χ3n) is 4.21. The fraction of sp³-hybridized carbons (Fsp3) is 0.222. The van der Waals surface area contributed by atoms with Crippen LogP contribution in [0.1, 0.15) is 17.0 Å². The van der Waals surface area contributed by atoms with E-state index in [0.29, 0.717) is 24.7 Å². The molecule has 0 amide bonds. The number of hydrogen-bond acceptors (Lipinski definition) is 4. The van der Waals surface area contributed by atoms with Crippen LogP contribution in [0.25, 0.3) is 11.0 Å². The number of hydrogen-bond donors (Lipinski definition) is 1. The maximum absolute atomic E-state index is 5.86. The zero-order valence-electron chi connectivity index (χ0n) is 13.3. The molecule has 0 spiro atoms. The number of aryl methyl sites for hydroxylation is 1. The van der Waals surface area contributed by atoms with Crippen LogP contribution in [0.3, 0.4) is 0 Å². The average molecular weight is 339 g/mol. The second kappa shape index (κ2) is 5.79. The molecule has 122 valence electrons. The van der Waals surface area contributed by atoms with Crippen LogP contribution in [0.5, 0.6) is 11.5 Å². The third-order valence-corrected chi connectivity index (χ3v) is 4.43. The Kier molecular flexibility index (Phi) is 3.61. The van der Waals surface area contributed by atoms with Crippen LogP contribution < -0.4 is 15.2 Å². The van der Waals surface area contributed by atoms with E-state index in [1.54, 1.807) is 0 Å². The number of fused-ring (bicyclic) bond motifs is 2. The predicted molar refractivity (Wildman–Crippen MR) is 96.9 cm³/mol. The lowest BCUT2D eigenvalue weighted by Crippen LogP contribution is -2.15. The van der Waals surface area contributed by atoms with Crippen molar-refractivity contribution in [1.82, 2.24) is 9.55 Å². The van der Waals surface area contributed by atoms with Crippen LogP contribution in [0.2, 0.25) is 0 Å². The number of imidazole rings is 1. The highest BCUT2D eigenvalue weighted by molar-refractivity contribution is 7.80. The quantitative estimate of drug-likeness (QED) is 0.744. The Morgan fingerprint density at radius 3 is 2.67 bits per heavy atom. The largest absolute Gasteiger partial charge is 0.486 e. The maximum Gasteiger partial charge on any atom is 0.163 e. The lowest BCUT2D eigenvalue weighted by atomic mass is 10.1. The van der Waals surface area contributed by atoms with Gasteiger partial charge in [0.05, 0.1) is 17.6 Å². The summed E-state index contributed by atoms with van der Waals surface area (Å²) in [6.07, 6.45) is 0. The first-order valence-corrected chi connectivity index (χ1v) is 8.18. The molecule has 0 unspecified atom stereocenters. The van der Waals surface area contributed by atoms with Gasteiger partial charge < -0.3 is 19.8 Å². The SMILES string of the molecule is Cc1nc2cc3c(cc2n1Cc1ccccc1C(N)=S)OCCO3. The van der Waals surface area contributed by atoms with E-state index in [1.807, 2.05) is 43.3 Å². The zero-order chi connectivity index (χ0) is 16.7. The fourth-order valence-corrected chi connectivity index (χ4v) is 3.25. The van der Waals surface area contributed by atoms with Crippen molar-refractivity contribution in [2.45, 2.75) is 13.5 Å². The van der Waals surface area contributed by atoms with E-state index < -0.39 is 0 Å². The number of benzene rings is 2. The van der Waals surface area contributed by atoms with Crippen molar-refractivity contribution in [2.24, 2.45) is 5.73 Å². The number of ether oxygens (including phenoxy) is 2. The van der Waals surface area contributed by atoms with Gasteiger partial charge in [-0.05, 0) is 12.5 Å². The number of nitrogens with two attached hydrogens (primary N) is 1. The summed E-state index contributed by atoms with van der Waals surface area (Å²) in [6.45, 7) is 3.77. The Bertz CT molecular complexity index is 949. The van der Waals surface area contributed by atoms with Gasteiger partial charge in [0.25, 0.3) is 0 Å². The van der Waals surface area contributed by atoms with Crippen LogP contribution in [0.4, 0.5) is 0 Å². The normalized spacial score (nSPS) is 13.2. The summed E-state index contributed by atoms with van der Waals surface area (Å²) in [4.78, 5) is 5.06. The molecule has 0 atom stereocenters. The molecule has 2 N–H and O–H groups in total. The Hall–Kier alpha value is -2.60. The monoisotopic (exact) mass is 339 g/mol. The molecule has 2 aromatic carbocycles. The maximum atomic E-state index is 5.86. The predicted octanol–water partition coefficient (Wildman–Crippen LogP) is 2.80. The molecule has 2 heterocycles. The van der Waals surface area contributed by atoms with Crippen molar-refractivity contribution >= 4 is 28.2 Å². The highest BCUT2D eigenvalue weighted by atomic mass is 32.1. The highest BCUT2D eigenvalue weighted by Gasteiger charge is 2.17. The Morgan fingerprint density at radius 1 is 1.21 bits per heavy atom. The summed E-state index contributed by atoms with van der Waals surface area (Å²) < 4.78 is 13.5. The van der Waals surface area contributed by atoms with E-state index in [9.17, 15) is 0 Å². The summed E-state index contributed by atoms with van der Waals surface area (Å²) in [5.41, 5.74) is 9.72. The molecular formula is C18H17N3O2S. The van der Waals surface area contributed by atoms with Crippen LogP contribution in [-0.2, 0) is 6.54 Å². The van der Waals surface area contributed by atoms with E-state index >= 15 is 0 Å². The van der Waals surface area contributed by atoms with Gasteiger partial charge in [0.15, 0.2) is 11.5 Å². The molecule has 0 saturated heterocycles. The van der Waals surface area contributed by atoms with Gasteiger partial charge in [-0.15, -0.1) is 0 Å². The minimum atomic E-state index is 0.404. The van der Waals surface area contributed by atoms with Crippen molar-refractivity contribution in [3.8, 4) is 11.5 Å². The third kappa shape index (κ3) is 2.49. The van der Waals surface area contributed by atoms with E-state index in [2.05, 4.69) is 9.55 Å². The molecule has 4 rings (SSSR count). The molecule has 1 aliphatic rings. The Balaban J connectivity index is 1.82. The topological polar surface area (TPSA) is 62.3 Å². The number of nitrogens with zero attached hydrogens (tertiary/aromatic N) is 2. The second-order valence-electron chi connectivity index (χ2n) is 5.75. The van der Waals surface area contributed by atoms with Gasteiger partial charge in [-0.1, -0.05) is 36.5 Å². The van der Waals surface area contributed by atoms with Gasteiger partial charge in [0.1, 0.15) is 24.0 Å².